The summed E-state index contributed by atoms with van der Waals surface area (Å²) >= 11 is 6.48. The quantitative estimate of drug-likeness (QED) is 0.284. The van der Waals surface area contributed by atoms with Crippen molar-refractivity contribution in [2.24, 2.45) is 7.05 Å². The molecule has 1 fully saturated rings. The molecule has 5 rings (SSSR count). The van der Waals surface area contributed by atoms with E-state index in [1.54, 1.807) is 31.7 Å². The van der Waals surface area contributed by atoms with Crippen LogP contribution < -0.4 is 21.2 Å². The van der Waals surface area contributed by atoms with Gasteiger partial charge in [-0.2, -0.15) is 9.97 Å². The van der Waals surface area contributed by atoms with E-state index >= 15 is 0 Å². The topological polar surface area (TPSA) is 160 Å². The molecule has 0 aliphatic carbocycles. The second kappa shape index (κ2) is 12.4. The highest BCUT2D eigenvalue weighted by Gasteiger charge is 2.26. The fourth-order valence-electron chi connectivity index (χ4n) is 4.57. The van der Waals surface area contributed by atoms with E-state index in [4.69, 9.17) is 31.2 Å². The number of morpholine rings is 1. The third kappa shape index (κ3) is 6.87. The van der Waals surface area contributed by atoms with Gasteiger partial charge < -0.3 is 25.4 Å². The maximum Gasteiger partial charge on any atom is 0.349 e. The van der Waals surface area contributed by atoms with Crippen LogP contribution in [0.4, 0.5) is 23.3 Å². The molecule has 0 saturated carbocycles. The van der Waals surface area contributed by atoms with Crippen LogP contribution in [0.15, 0.2) is 47.7 Å². The van der Waals surface area contributed by atoms with Crippen molar-refractivity contribution in [2.75, 3.05) is 28.6 Å². The summed E-state index contributed by atoms with van der Waals surface area (Å²) in [7, 11) is 1.69. The zero-order valence-electron chi connectivity index (χ0n) is 23.4. The predicted molar refractivity (Wildman–Crippen MR) is 157 cm³/mol. The molecule has 216 valence electrons. The monoisotopic (exact) mass is 581 g/mol. The lowest BCUT2D eigenvalue weighted by Gasteiger charge is -2.35. The fraction of sp³-hybridized carbons (Fsp3) is 0.370. The third-order valence-electron chi connectivity index (χ3n) is 6.36. The van der Waals surface area contributed by atoms with Crippen molar-refractivity contribution in [3.8, 4) is 0 Å². The molecule has 2 atom stereocenters. The van der Waals surface area contributed by atoms with Crippen LogP contribution in [-0.4, -0.2) is 66.4 Å². The number of benzene rings is 1. The Kier molecular flexibility index (Phi) is 8.98. The number of aromatic nitrogens is 6. The summed E-state index contributed by atoms with van der Waals surface area (Å²) in [5.41, 5.74) is 0.385. The van der Waals surface area contributed by atoms with Gasteiger partial charge in [-0.15, -0.1) is 0 Å². The molecular weight excluding hydrogens is 550 g/mol. The average molecular weight is 582 g/mol. The van der Waals surface area contributed by atoms with Crippen molar-refractivity contribution < 1.29 is 14.6 Å². The predicted octanol–water partition coefficient (Wildman–Crippen LogP) is 3.57. The Morgan fingerprint density at radius 3 is 2.41 bits per heavy atom. The number of hydrogen-bond donors (Lipinski definition) is 3. The average Bonchev–Trinajstić information content (AvgIpc) is 2.93. The number of aryl methyl sites for hydroxylation is 1. The Balaban J connectivity index is 0.00000124. The van der Waals surface area contributed by atoms with Crippen LogP contribution in [0.3, 0.4) is 0 Å². The molecule has 1 aromatic carbocycles. The van der Waals surface area contributed by atoms with E-state index in [0.29, 0.717) is 47.0 Å². The van der Waals surface area contributed by atoms with Crippen LogP contribution >= 0.6 is 11.6 Å². The van der Waals surface area contributed by atoms with E-state index < -0.39 is 5.54 Å². The molecule has 14 heteroatoms. The molecule has 0 spiro atoms. The van der Waals surface area contributed by atoms with Crippen molar-refractivity contribution in [2.45, 2.75) is 45.4 Å². The molecule has 4 heterocycles. The van der Waals surface area contributed by atoms with Gasteiger partial charge in [0.2, 0.25) is 5.95 Å². The summed E-state index contributed by atoms with van der Waals surface area (Å²) in [6, 6.07) is 7.39. The van der Waals surface area contributed by atoms with Crippen molar-refractivity contribution in [1.29, 1.82) is 0 Å². The lowest BCUT2D eigenvalue weighted by Crippen LogP contribution is -2.46. The summed E-state index contributed by atoms with van der Waals surface area (Å²) in [4.78, 5) is 45.3. The van der Waals surface area contributed by atoms with Crippen LogP contribution in [0.2, 0.25) is 5.02 Å². The first-order chi connectivity index (χ1) is 19.5. The Morgan fingerprint density at radius 1 is 1.10 bits per heavy atom. The SMILES string of the molecule is C[C@@H]1CN(c2ncc(Cl)c(Nc3ccc4c(c3)c(NC(C)(C)c3ncccn3)nc(=O)n4C)n2)C[C@H](C)O1.O=CO. The Hall–Kier alpha value is -4.36. The number of rotatable bonds is 6. The second-order valence-electron chi connectivity index (χ2n) is 10.1. The van der Waals surface area contributed by atoms with Crippen LogP contribution in [0, 0.1) is 0 Å². The number of hydrogen-bond acceptors (Lipinski definition) is 11. The van der Waals surface area contributed by atoms with E-state index in [2.05, 4.69) is 35.5 Å². The van der Waals surface area contributed by atoms with E-state index in [9.17, 15) is 4.79 Å². The zero-order valence-corrected chi connectivity index (χ0v) is 24.1. The Labute approximate surface area is 241 Å². The first kappa shape index (κ1) is 29.6. The van der Waals surface area contributed by atoms with Gasteiger partial charge in [0.05, 0.1) is 29.5 Å². The first-order valence-corrected chi connectivity index (χ1v) is 13.2. The highest BCUT2D eigenvalue weighted by atomic mass is 35.5. The molecule has 0 bridgehead atoms. The van der Waals surface area contributed by atoms with E-state index in [-0.39, 0.29) is 24.4 Å². The highest BCUT2D eigenvalue weighted by molar-refractivity contribution is 6.32. The molecule has 3 N–H and O–H groups in total. The summed E-state index contributed by atoms with van der Waals surface area (Å²) in [5, 5.41) is 14.7. The first-order valence-electron chi connectivity index (χ1n) is 12.9. The van der Waals surface area contributed by atoms with Gasteiger partial charge in [0.25, 0.3) is 6.47 Å². The minimum atomic E-state index is -0.686. The van der Waals surface area contributed by atoms with Gasteiger partial charge in [0.1, 0.15) is 10.8 Å². The van der Waals surface area contributed by atoms with E-state index in [0.717, 1.165) is 11.1 Å². The summed E-state index contributed by atoms with van der Waals surface area (Å²) < 4.78 is 7.34. The number of carboxylic acid groups (broad SMARTS) is 1. The molecule has 0 radical (unpaired) electrons. The molecule has 1 aliphatic heterocycles. The lowest BCUT2D eigenvalue weighted by molar-refractivity contribution is -0.122. The van der Waals surface area contributed by atoms with Gasteiger partial charge in [0.15, 0.2) is 11.6 Å². The van der Waals surface area contributed by atoms with Crippen molar-refractivity contribution in [3.63, 3.8) is 0 Å². The van der Waals surface area contributed by atoms with Crippen LogP contribution in [0.1, 0.15) is 33.5 Å². The number of nitrogens with one attached hydrogen (secondary N) is 2. The van der Waals surface area contributed by atoms with Crippen LogP contribution in [0.5, 0.6) is 0 Å². The van der Waals surface area contributed by atoms with Crippen LogP contribution in [0.25, 0.3) is 10.9 Å². The van der Waals surface area contributed by atoms with Gasteiger partial charge in [-0.05, 0) is 52.0 Å². The van der Waals surface area contributed by atoms with Crippen molar-refractivity contribution in [1.82, 2.24) is 29.5 Å². The van der Waals surface area contributed by atoms with E-state index in [1.165, 1.54) is 4.57 Å². The molecule has 4 aromatic rings. The third-order valence-corrected chi connectivity index (χ3v) is 6.64. The molecule has 3 aromatic heterocycles. The summed E-state index contributed by atoms with van der Waals surface area (Å²) in [6.45, 7) is 9.07. The minimum absolute atomic E-state index is 0.0746. The largest absolute Gasteiger partial charge is 0.483 e. The molecule has 1 aliphatic rings. The van der Waals surface area contributed by atoms with Gasteiger partial charge in [0, 0.05) is 43.6 Å². The highest BCUT2D eigenvalue weighted by Crippen LogP contribution is 2.31. The molecule has 13 nitrogen and oxygen atoms in total. The van der Waals surface area contributed by atoms with Gasteiger partial charge >= 0.3 is 5.69 Å². The molecule has 0 unspecified atom stereocenters. The summed E-state index contributed by atoms with van der Waals surface area (Å²) in [5.74, 6) is 2.07. The number of carbonyl (C=O) groups is 1. The molecular formula is C27H32ClN9O4. The maximum atomic E-state index is 12.6. The number of halogens is 1. The molecule has 1 saturated heterocycles. The number of ether oxygens (including phenoxy) is 1. The normalized spacial score (nSPS) is 17.0. The second-order valence-corrected chi connectivity index (χ2v) is 10.5. The number of fused-ring (bicyclic) bond motifs is 1. The number of anilines is 4. The lowest BCUT2D eigenvalue weighted by atomic mass is 10.0. The minimum Gasteiger partial charge on any atom is -0.483 e. The van der Waals surface area contributed by atoms with Crippen LogP contribution in [-0.2, 0) is 22.1 Å². The molecule has 41 heavy (non-hydrogen) atoms. The summed E-state index contributed by atoms with van der Waals surface area (Å²) in [6.07, 6.45) is 5.11. The van der Waals surface area contributed by atoms with Gasteiger partial charge in [-0.3, -0.25) is 9.36 Å². The van der Waals surface area contributed by atoms with E-state index in [1.807, 2.05) is 45.9 Å². The molecule has 0 amide bonds. The van der Waals surface area contributed by atoms with Crippen molar-refractivity contribution >= 4 is 52.2 Å². The van der Waals surface area contributed by atoms with Gasteiger partial charge in [-0.1, -0.05) is 11.6 Å². The smallest absolute Gasteiger partial charge is 0.349 e. The fourth-order valence-corrected chi connectivity index (χ4v) is 4.71. The zero-order chi connectivity index (χ0) is 29.7. The Bertz CT molecular complexity index is 1570. The van der Waals surface area contributed by atoms with Crippen molar-refractivity contribution in [3.05, 3.63) is 64.2 Å². The maximum absolute atomic E-state index is 12.6. The number of nitrogens with zero attached hydrogens (tertiary/aromatic N) is 7. The standard InChI is InChI=1S/C26H30ClN9O2.CH2O2/c1-15-13-36(14-16(2)38-15)24-30-12-19(27)22(32-24)31-17-7-8-20-18(11-17)21(33-25(37)35(20)5)34-26(3,4)23-28-9-6-10-29-23;2-1-3/h6-12,15-16H,13-14H2,1-5H3,(H,30,31,32)(H,33,34,37);1H,(H,2,3)/t15-,16+;. The Morgan fingerprint density at radius 2 is 1.76 bits per heavy atom. The van der Waals surface area contributed by atoms with Gasteiger partial charge in [-0.25, -0.2) is 19.7 Å².